The summed E-state index contributed by atoms with van der Waals surface area (Å²) >= 11 is 0. The Balaban J connectivity index is 1.69. The number of nitrogens with zero attached hydrogens (tertiary/aromatic N) is 1. The third-order valence-corrected chi connectivity index (χ3v) is 5.08. The molecule has 0 aromatic heterocycles. The highest BCUT2D eigenvalue weighted by molar-refractivity contribution is 5.77. The summed E-state index contributed by atoms with van der Waals surface area (Å²) in [7, 11) is 3.31. The van der Waals surface area contributed by atoms with Crippen LogP contribution in [0.1, 0.15) is 50.1 Å². The SMILES string of the molecule is COc1ccc([C@H]2CCCN2C(=O)CC[C@@H]2CCCO2)c(OC)c1. The second-order valence-electron chi connectivity index (χ2n) is 6.53. The first-order chi connectivity index (χ1) is 11.7. The molecule has 0 unspecified atom stereocenters. The second kappa shape index (κ2) is 7.88. The van der Waals surface area contributed by atoms with Gasteiger partial charge in [-0.05, 0) is 44.2 Å². The van der Waals surface area contributed by atoms with Crippen molar-refractivity contribution < 1.29 is 19.0 Å². The van der Waals surface area contributed by atoms with Crippen LogP contribution in [0.15, 0.2) is 18.2 Å². The maximum Gasteiger partial charge on any atom is 0.223 e. The normalized spacial score (nSPS) is 23.5. The summed E-state index contributed by atoms with van der Waals surface area (Å²) in [4.78, 5) is 14.7. The van der Waals surface area contributed by atoms with Gasteiger partial charge in [-0.2, -0.15) is 0 Å². The fourth-order valence-electron chi connectivity index (χ4n) is 3.78. The summed E-state index contributed by atoms with van der Waals surface area (Å²) < 4.78 is 16.4. The minimum Gasteiger partial charge on any atom is -0.497 e. The molecule has 3 rings (SSSR count). The number of rotatable bonds is 6. The predicted octanol–water partition coefficient (Wildman–Crippen LogP) is 3.33. The average molecular weight is 333 g/mol. The van der Waals surface area contributed by atoms with Crippen LogP contribution in [-0.4, -0.2) is 44.3 Å². The van der Waals surface area contributed by atoms with Gasteiger partial charge in [0, 0.05) is 31.2 Å². The van der Waals surface area contributed by atoms with Gasteiger partial charge in [0.15, 0.2) is 0 Å². The van der Waals surface area contributed by atoms with E-state index in [0.29, 0.717) is 6.42 Å². The molecule has 2 fully saturated rings. The first kappa shape index (κ1) is 17.1. The Hall–Kier alpha value is -1.75. The third-order valence-electron chi connectivity index (χ3n) is 5.08. The molecule has 1 aromatic rings. The van der Waals surface area contributed by atoms with E-state index in [1.165, 1.54) is 0 Å². The van der Waals surface area contributed by atoms with E-state index in [9.17, 15) is 4.79 Å². The van der Waals surface area contributed by atoms with Crippen LogP contribution in [0.4, 0.5) is 0 Å². The van der Waals surface area contributed by atoms with E-state index in [1.54, 1.807) is 14.2 Å². The van der Waals surface area contributed by atoms with E-state index in [4.69, 9.17) is 14.2 Å². The number of carbonyl (C=O) groups excluding carboxylic acids is 1. The van der Waals surface area contributed by atoms with Crippen molar-refractivity contribution in [1.29, 1.82) is 0 Å². The Morgan fingerprint density at radius 2 is 2.12 bits per heavy atom. The van der Waals surface area contributed by atoms with Crippen LogP contribution in [0.5, 0.6) is 11.5 Å². The highest BCUT2D eigenvalue weighted by Crippen LogP contribution is 2.39. The zero-order chi connectivity index (χ0) is 16.9. The largest absolute Gasteiger partial charge is 0.497 e. The quantitative estimate of drug-likeness (QED) is 0.801. The van der Waals surface area contributed by atoms with Gasteiger partial charge in [-0.15, -0.1) is 0 Å². The molecule has 5 nitrogen and oxygen atoms in total. The molecular formula is C19H27NO4. The smallest absolute Gasteiger partial charge is 0.223 e. The number of likely N-dealkylation sites (tertiary alicyclic amines) is 1. The van der Waals surface area contributed by atoms with Crippen LogP contribution in [0.2, 0.25) is 0 Å². The molecule has 2 aliphatic rings. The van der Waals surface area contributed by atoms with E-state index >= 15 is 0 Å². The van der Waals surface area contributed by atoms with Crippen molar-refractivity contribution in [3.63, 3.8) is 0 Å². The molecule has 2 heterocycles. The van der Waals surface area contributed by atoms with Crippen molar-refractivity contribution in [3.05, 3.63) is 23.8 Å². The molecule has 1 amide bonds. The predicted molar refractivity (Wildman–Crippen MR) is 91.4 cm³/mol. The maximum absolute atomic E-state index is 12.7. The molecule has 5 heteroatoms. The molecule has 2 atom stereocenters. The summed E-state index contributed by atoms with van der Waals surface area (Å²) in [5, 5.41) is 0. The van der Waals surface area contributed by atoms with Gasteiger partial charge in [-0.1, -0.05) is 0 Å². The van der Waals surface area contributed by atoms with E-state index in [1.807, 2.05) is 23.1 Å². The van der Waals surface area contributed by atoms with Crippen molar-refractivity contribution >= 4 is 5.91 Å². The number of benzene rings is 1. The Kier molecular flexibility index (Phi) is 5.61. The number of carbonyl (C=O) groups is 1. The van der Waals surface area contributed by atoms with Gasteiger partial charge in [0.05, 0.1) is 26.4 Å². The summed E-state index contributed by atoms with van der Waals surface area (Å²) in [6, 6.07) is 5.95. The van der Waals surface area contributed by atoms with Gasteiger partial charge in [0.25, 0.3) is 0 Å². The molecule has 132 valence electrons. The van der Waals surface area contributed by atoms with Crippen molar-refractivity contribution in [2.24, 2.45) is 0 Å². The van der Waals surface area contributed by atoms with E-state index in [0.717, 1.165) is 62.3 Å². The van der Waals surface area contributed by atoms with Gasteiger partial charge in [-0.3, -0.25) is 4.79 Å². The summed E-state index contributed by atoms with van der Waals surface area (Å²) in [6.45, 7) is 1.67. The lowest BCUT2D eigenvalue weighted by Crippen LogP contribution is -2.31. The molecule has 0 aliphatic carbocycles. The fraction of sp³-hybridized carbons (Fsp3) is 0.632. The van der Waals surface area contributed by atoms with Crippen LogP contribution < -0.4 is 9.47 Å². The first-order valence-electron chi connectivity index (χ1n) is 8.86. The molecule has 0 saturated carbocycles. The zero-order valence-electron chi connectivity index (χ0n) is 14.6. The lowest BCUT2D eigenvalue weighted by Gasteiger charge is -2.27. The van der Waals surface area contributed by atoms with Crippen molar-refractivity contribution in [3.8, 4) is 11.5 Å². The first-order valence-corrected chi connectivity index (χ1v) is 8.86. The van der Waals surface area contributed by atoms with Crippen molar-refractivity contribution in [2.45, 2.75) is 50.7 Å². The molecular weight excluding hydrogens is 306 g/mol. The van der Waals surface area contributed by atoms with Gasteiger partial charge in [-0.25, -0.2) is 0 Å². The van der Waals surface area contributed by atoms with Gasteiger partial charge >= 0.3 is 0 Å². The van der Waals surface area contributed by atoms with Crippen LogP contribution in [0, 0.1) is 0 Å². The molecule has 0 bridgehead atoms. The molecule has 0 spiro atoms. The van der Waals surface area contributed by atoms with E-state index in [-0.39, 0.29) is 18.1 Å². The fourth-order valence-corrected chi connectivity index (χ4v) is 3.78. The van der Waals surface area contributed by atoms with Gasteiger partial charge < -0.3 is 19.1 Å². The summed E-state index contributed by atoms with van der Waals surface area (Å²) in [5.41, 5.74) is 1.07. The van der Waals surface area contributed by atoms with Crippen LogP contribution in [-0.2, 0) is 9.53 Å². The van der Waals surface area contributed by atoms with Crippen LogP contribution >= 0.6 is 0 Å². The maximum atomic E-state index is 12.7. The minimum atomic E-state index is 0.0999. The average Bonchev–Trinajstić information content (AvgIpc) is 3.30. The Morgan fingerprint density at radius 1 is 1.25 bits per heavy atom. The Labute approximate surface area is 143 Å². The lowest BCUT2D eigenvalue weighted by atomic mass is 10.0. The zero-order valence-corrected chi connectivity index (χ0v) is 14.6. The molecule has 24 heavy (non-hydrogen) atoms. The molecule has 0 N–H and O–H groups in total. The number of hydrogen-bond acceptors (Lipinski definition) is 4. The highest BCUT2D eigenvalue weighted by atomic mass is 16.5. The van der Waals surface area contributed by atoms with E-state index in [2.05, 4.69) is 0 Å². The van der Waals surface area contributed by atoms with E-state index < -0.39 is 0 Å². The molecule has 2 aliphatic heterocycles. The van der Waals surface area contributed by atoms with Crippen molar-refractivity contribution in [2.75, 3.05) is 27.4 Å². The third kappa shape index (κ3) is 3.66. The highest BCUT2D eigenvalue weighted by Gasteiger charge is 2.32. The number of methoxy groups -OCH3 is 2. The monoisotopic (exact) mass is 333 g/mol. The molecule has 1 aromatic carbocycles. The molecule has 0 radical (unpaired) electrons. The molecule has 2 saturated heterocycles. The Morgan fingerprint density at radius 3 is 2.83 bits per heavy atom. The number of amides is 1. The second-order valence-corrected chi connectivity index (χ2v) is 6.53. The number of ether oxygens (including phenoxy) is 3. The Bertz CT molecular complexity index is 568. The number of hydrogen-bond donors (Lipinski definition) is 0. The van der Waals surface area contributed by atoms with Crippen LogP contribution in [0.3, 0.4) is 0 Å². The minimum absolute atomic E-state index is 0.0999. The van der Waals surface area contributed by atoms with Crippen molar-refractivity contribution in [1.82, 2.24) is 4.90 Å². The summed E-state index contributed by atoms with van der Waals surface area (Å²) in [6.07, 6.45) is 5.89. The van der Waals surface area contributed by atoms with Gasteiger partial charge in [0.1, 0.15) is 11.5 Å². The standard InChI is InChI=1S/C19H27NO4/c1-22-15-7-9-16(18(13-15)23-2)17-6-3-11-20(17)19(21)10-8-14-5-4-12-24-14/h7,9,13-14,17H,3-6,8,10-12H2,1-2H3/t14-,17+/m0/s1. The summed E-state index contributed by atoms with van der Waals surface area (Å²) in [5.74, 6) is 1.79. The van der Waals surface area contributed by atoms with Crippen LogP contribution in [0.25, 0.3) is 0 Å². The topological polar surface area (TPSA) is 48.0 Å². The lowest BCUT2D eigenvalue weighted by molar-refractivity contribution is -0.132. The van der Waals surface area contributed by atoms with Gasteiger partial charge in [0.2, 0.25) is 5.91 Å².